The molecule has 2 aromatic rings. The Hall–Kier alpha value is -5.43. The molecule has 46 heteroatoms. The van der Waals surface area contributed by atoms with Crippen LogP contribution in [0.25, 0.3) is 11.1 Å². The number of carbonyl (C=O) groups excluding carboxylic acids is 6. The topological polar surface area (TPSA) is 631 Å². The number of quaternary nitrogens is 1. The van der Waals surface area contributed by atoms with Gasteiger partial charge in [0.2, 0.25) is 17.1 Å². The van der Waals surface area contributed by atoms with E-state index in [1.807, 2.05) is 60.8 Å². The highest BCUT2D eigenvalue weighted by atomic mass is 79.9. The fourth-order valence-electron chi connectivity index (χ4n) is 6.49. The zero-order chi connectivity index (χ0) is 70.4. The first-order valence-corrected chi connectivity index (χ1v) is 35.9. The predicted octanol–water partition coefficient (Wildman–Crippen LogP) is -6.62. The molecule has 5 rings (SSSR count). The van der Waals surface area contributed by atoms with Crippen LogP contribution >= 0.6 is 7.60 Å². The summed E-state index contributed by atoms with van der Waals surface area (Å²) in [5.74, 6) is -6.20. The second-order valence-corrected chi connectivity index (χ2v) is 28.1. The second kappa shape index (κ2) is 47.4. The van der Waals surface area contributed by atoms with E-state index in [-0.39, 0.29) is 73.3 Å². The number of alkyl carbamates (subject to hydrolysis) is 1. The molecule has 534 valence electrons. The number of halogens is 1. The molecule has 0 bridgehead atoms. The van der Waals surface area contributed by atoms with Crippen LogP contribution in [0.15, 0.2) is 48.5 Å². The van der Waals surface area contributed by atoms with Crippen LogP contribution in [0.3, 0.4) is 0 Å². The lowest BCUT2D eigenvalue weighted by molar-refractivity contribution is -0.868. The van der Waals surface area contributed by atoms with Crippen molar-refractivity contribution >= 4 is 105 Å². The Bertz CT molecular complexity index is 3290. The third-order valence-corrected chi connectivity index (χ3v) is 16.1. The zero-order valence-corrected chi connectivity index (χ0v) is 57.0. The summed E-state index contributed by atoms with van der Waals surface area (Å²) in [6.45, 7) is 4.44. The van der Waals surface area contributed by atoms with E-state index in [0.717, 1.165) is 65.6 Å². The molecule has 5 amide bonds. The van der Waals surface area contributed by atoms with E-state index in [9.17, 15) is 76.1 Å². The number of nitrogens with one attached hydrogen (secondary N) is 3. The molecule has 0 aromatic heterocycles. The molecule has 3 unspecified atom stereocenters. The van der Waals surface area contributed by atoms with Crippen molar-refractivity contribution in [3.05, 3.63) is 59.7 Å². The van der Waals surface area contributed by atoms with Gasteiger partial charge in [-0.1, -0.05) is 69.8 Å². The zero-order valence-electron chi connectivity index (χ0n) is 49.7. The SMILES string of the molecule is C.CCCN.CCCNC(=O)C(CN)S(=O)(=O)O.C[N+](C)(C)CCN.NCCP(=O)(O)O.O=C(NCC(C(=O)NCC(C(=O)ON1C(=O)CCC1=O)S(=O)(=O)O)S(=O)(=O)O)OCC1c2ccccc2-c2ccccc21.O=S(=O)=O.O=S(=O)=O.O=S1(=O)CCCCO1.[Br-]. The Morgan fingerprint density at radius 1 is 0.707 bits per heavy atom. The lowest BCUT2D eigenvalue weighted by Crippen LogP contribution is -3.00. The van der Waals surface area contributed by atoms with Crippen molar-refractivity contribution in [1.29, 1.82) is 0 Å². The van der Waals surface area contributed by atoms with Crippen LogP contribution < -0.4 is 55.9 Å². The number of hydrogen-bond donors (Lipinski definition) is 12. The third kappa shape index (κ3) is 44.2. The number of hydroxylamine groups is 2. The van der Waals surface area contributed by atoms with Gasteiger partial charge in [-0.15, -0.1) is 30.3 Å². The summed E-state index contributed by atoms with van der Waals surface area (Å²) in [6.07, 6.45) is 1.43. The predicted molar refractivity (Wildman–Crippen MR) is 324 cm³/mol. The van der Waals surface area contributed by atoms with Crippen molar-refractivity contribution in [2.24, 2.45) is 22.9 Å². The minimum atomic E-state index is -5.32. The molecule has 38 nitrogen and oxygen atoms in total. The lowest BCUT2D eigenvalue weighted by Gasteiger charge is -2.22. The van der Waals surface area contributed by atoms with Gasteiger partial charge in [-0.3, -0.25) is 41.6 Å². The van der Waals surface area contributed by atoms with E-state index < -0.39 is 140 Å². The van der Waals surface area contributed by atoms with E-state index in [4.69, 9.17) is 67.3 Å². The van der Waals surface area contributed by atoms with Crippen LogP contribution in [0.4, 0.5) is 4.79 Å². The quantitative estimate of drug-likeness (QED) is 0.0182. The van der Waals surface area contributed by atoms with Gasteiger partial charge < -0.3 is 79.7 Å². The van der Waals surface area contributed by atoms with E-state index in [1.54, 1.807) is 5.32 Å². The average molecular weight is 1530 g/mol. The van der Waals surface area contributed by atoms with E-state index in [2.05, 4.69) is 42.4 Å². The van der Waals surface area contributed by atoms with Crippen molar-refractivity contribution in [2.45, 2.75) is 81.5 Å². The van der Waals surface area contributed by atoms with E-state index >= 15 is 0 Å². The minimum absolute atomic E-state index is 0. The third-order valence-electron chi connectivity index (χ3n) is 10.7. The maximum Gasteiger partial charge on any atom is 0.425 e. The van der Waals surface area contributed by atoms with Crippen molar-refractivity contribution in [3.8, 4) is 11.1 Å². The Kier molecular flexibility index (Phi) is 49.1. The van der Waals surface area contributed by atoms with Crippen LogP contribution in [0.1, 0.15) is 76.8 Å². The summed E-state index contributed by atoms with van der Waals surface area (Å²) < 4.78 is 188. The van der Waals surface area contributed by atoms with Gasteiger partial charge in [0, 0.05) is 58.0 Å². The first-order valence-electron chi connectivity index (χ1n) is 26.0. The highest BCUT2D eigenvalue weighted by molar-refractivity contribution is 7.88. The lowest BCUT2D eigenvalue weighted by atomic mass is 9.98. The molecule has 3 atom stereocenters. The van der Waals surface area contributed by atoms with Gasteiger partial charge in [0.05, 0.1) is 46.2 Å². The molecule has 0 spiro atoms. The van der Waals surface area contributed by atoms with Crippen LogP contribution in [0, 0.1) is 0 Å². The largest absolute Gasteiger partial charge is 1.00 e. The number of imide groups is 1. The Balaban J connectivity index is -0.000000415. The molecule has 16 N–H and O–H groups in total. The van der Waals surface area contributed by atoms with Crippen molar-refractivity contribution in [1.82, 2.24) is 21.0 Å². The molecule has 2 aliphatic heterocycles. The van der Waals surface area contributed by atoms with Gasteiger partial charge in [-0.25, -0.2) is 9.59 Å². The molecule has 3 aliphatic rings. The number of fused-ring (bicyclic) bond motifs is 3. The number of likely N-dealkylation sites (N-methyl/N-ethyl adjacent to an activating group) is 1. The van der Waals surface area contributed by atoms with Gasteiger partial charge in [0.15, 0.2) is 10.5 Å². The van der Waals surface area contributed by atoms with Crippen LogP contribution in [0.5, 0.6) is 0 Å². The number of nitrogens with zero attached hydrogens (tertiary/aromatic N) is 2. The van der Waals surface area contributed by atoms with Gasteiger partial charge >= 0.3 is 40.9 Å². The fraction of sp³-hybridized carbons (Fsp3) is 0.609. The highest BCUT2D eigenvalue weighted by Crippen LogP contribution is 2.44. The first-order chi connectivity index (χ1) is 41.3. The summed E-state index contributed by atoms with van der Waals surface area (Å²) >= 11 is 0. The van der Waals surface area contributed by atoms with Crippen molar-refractivity contribution < 1.29 is 151 Å². The number of benzene rings is 2. The first kappa shape index (κ1) is 95.3. The van der Waals surface area contributed by atoms with E-state index in [0.29, 0.717) is 19.6 Å². The monoisotopic (exact) mass is 1530 g/mol. The molecule has 2 heterocycles. The maximum atomic E-state index is 12.6. The molecule has 0 saturated carbocycles. The Morgan fingerprint density at radius 3 is 1.43 bits per heavy atom. The molecule has 92 heavy (non-hydrogen) atoms. The second-order valence-electron chi connectivity index (χ2n) is 18.9. The van der Waals surface area contributed by atoms with Crippen molar-refractivity contribution in [2.75, 3.05) is 98.6 Å². The summed E-state index contributed by atoms with van der Waals surface area (Å²) in [5, 5.41) is -0.420. The minimum Gasteiger partial charge on any atom is -1.00 e. The summed E-state index contributed by atoms with van der Waals surface area (Å²) in [5.41, 5.74) is 23.9. The van der Waals surface area contributed by atoms with Gasteiger partial charge in [0.1, 0.15) is 6.61 Å². The number of ether oxygens (including phenoxy) is 1. The molecule has 2 aromatic carbocycles. The van der Waals surface area contributed by atoms with Gasteiger partial charge in [-0.05, 0) is 54.5 Å². The number of amides is 5. The molecule has 2 saturated heterocycles. The molecular formula is C46H83BrN9O29PS6. The Labute approximate surface area is 547 Å². The number of nitrogens with two attached hydrogens (primary N) is 4. The normalized spacial score (nSPS) is 14.6. The van der Waals surface area contributed by atoms with Gasteiger partial charge in [-0.2, -0.15) is 33.7 Å². The fourth-order valence-corrected chi connectivity index (χ4v) is 9.70. The summed E-state index contributed by atoms with van der Waals surface area (Å²) in [6, 6.07) is 15.0. The molecule has 0 radical (unpaired) electrons. The number of rotatable bonds is 21. The highest BCUT2D eigenvalue weighted by Gasteiger charge is 2.41. The molecule has 2 fully saturated rings. The summed E-state index contributed by atoms with van der Waals surface area (Å²) in [7, 11) is -21.6. The molecule has 1 aliphatic carbocycles. The standard InChI is InChI=1S/C25H25N3O13S2.C6H14N2O4S.C5H15N2.C4H8O3S.C3H9N.C2H8NO3P.CH4.BrH.2O3S/c29-21-9-10-22(30)28(21)41-24(32)20(43(37,38)39)12-26-23(31)19(42(34,35)36)11-27-25(33)40-13-18-16-7-3-1-5-14(16)15-6-2-4-8-17(15)18;1-2-3-8-6(9)5(4-7)13(10,11)12;1-7(2,3)5-4-6;5-8(6)4-2-1-3-7-8;1-2-3-4;3-1-2-7(4,5)6;;;2*1-4(2)3/h1-8,18-20H,9-13H2,(H,26,31)(H,27,33)(H,34,35,36)(H,37,38,39);5H,2-4,7H2,1H3,(H,8,9)(H,10,11,12);4-6H2,1-3H3;1-4H2;2-4H2,1H3;1-3H2,(H2,4,5,6);1H4;1H;;/q;;+1;;;;;;;/p-1. The van der Waals surface area contributed by atoms with Crippen molar-refractivity contribution in [3.63, 3.8) is 0 Å². The molecular weight excluding hydrogens is 1450 g/mol. The van der Waals surface area contributed by atoms with Crippen LogP contribution in [0.2, 0.25) is 0 Å². The van der Waals surface area contributed by atoms with Gasteiger partial charge in [0.25, 0.3) is 52.3 Å². The summed E-state index contributed by atoms with van der Waals surface area (Å²) in [4.78, 5) is 92.1. The average Bonchev–Trinajstić information content (AvgIpc) is 1.62. The van der Waals surface area contributed by atoms with E-state index in [1.165, 1.54) is 0 Å². The smallest absolute Gasteiger partial charge is 0.425 e. The Morgan fingerprint density at radius 2 is 1.13 bits per heavy atom. The van der Waals surface area contributed by atoms with Crippen LogP contribution in [-0.2, 0) is 104 Å². The number of carbonyl (C=O) groups is 6. The van der Waals surface area contributed by atoms with Crippen LogP contribution in [-0.4, -0.2) is 242 Å². The number of hydrogen-bond acceptors (Lipinski definition) is 28. The maximum absolute atomic E-state index is 12.6.